The van der Waals surface area contributed by atoms with Crippen molar-refractivity contribution in [2.24, 2.45) is 0 Å². The number of amides is 2. The molecule has 5 rings (SSSR count). The van der Waals surface area contributed by atoms with Gasteiger partial charge in [0.1, 0.15) is 0 Å². The number of carbonyl (C=O) groups is 2. The molecule has 2 amide bonds. The topological polar surface area (TPSA) is 43.9 Å². The molecule has 0 aliphatic carbocycles. The molecule has 2 aliphatic rings. The van der Waals surface area contributed by atoms with Gasteiger partial charge in [-0.1, -0.05) is 53.5 Å². The summed E-state index contributed by atoms with van der Waals surface area (Å²) >= 11 is 13.9. The second-order valence-electron chi connectivity index (χ2n) is 8.99. The van der Waals surface area contributed by atoms with Crippen molar-refractivity contribution in [1.29, 1.82) is 0 Å². The molecule has 1 atom stereocenters. The molecule has 3 aromatic rings. The third-order valence-electron chi connectivity index (χ3n) is 6.82. The maximum Gasteiger partial charge on any atom is 0.253 e. The van der Waals surface area contributed by atoms with E-state index >= 15 is 0 Å². The normalized spacial score (nSPS) is 18.7. The van der Waals surface area contributed by atoms with E-state index in [4.69, 9.17) is 23.2 Å². The van der Waals surface area contributed by atoms with E-state index in [1.807, 2.05) is 11.0 Å². The molecule has 182 valence electrons. The quantitative estimate of drug-likeness (QED) is 0.457. The molecule has 1 saturated heterocycles. The molecule has 5 nitrogen and oxygen atoms in total. The lowest BCUT2D eigenvalue weighted by atomic mass is 9.93. The van der Waals surface area contributed by atoms with Crippen molar-refractivity contribution in [1.82, 2.24) is 14.7 Å². The molecule has 0 bridgehead atoms. The van der Waals surface area contributed by atoms with Crippen LogP contribution < -0.4 is 0 Å². The van der Waals surface area contributed by atoms with E-state index in [1.54, 1.807) is 34.4 Å². The lowest BCUT2D eigenvalue weighted by molar-refractivity contribution is -0.132. The molecule has 2 aromatic carbocycles. The standard InChI is InChI=1S/C27H27Cl2N3O2S/c28-22-8-7-20(17-23(22)29)27(34)31-12-4-11-30(14-15-31)25(33)18-32-13-9-24-21(10-16-35-24)26(32)19-5-2-1-3-6-19/h1-3,5-8,10,16-17,26H,4,9,11-15,18H2/t26-/m1/s1. The molecule has 3 heterocycles. The summed E-state index contributed by atoms with van der Waals surface area (Å²) in [7, 11) is 0. The summed E-state index contributed by atoms with van der Waals surface area (Å²) < 4.78 is 0. The van der Waals surface area contributed by atoms with E-state index in [0.717, 1.165) is 19.4 Å². The fourth-order valence-corrected chi connectivity index (χ4v) is 6.22. The van der Waals surface area contributed by atoms with Crippen LogP contribution in [-0.4, -0.2) is 65.8 Å². The molecular weight excluding hydrogens is 501 g/mol. The Morgan fingerprint density at radius 3 is 2.46 bits per heavy atom. The average Bonchev–Trinajstić information content (AvgIpc) is 3.21. The molecule has 1 aromatic heterocycles. The predicted molar refractivity (Wildman–Crippen MR) is 141 cm³/mol. The highest BCUT2D eigenvalue weighted by Gasteiger charge is 2.32. The summed E-state index contributed by atoms with van der Waals surface area (Å²) in [6.07, 6.45) is 1.71. The first-order valence-electron chi connectivity index (χ1n) is 11.9. The van der Waals surface area contributed by atoms with E-state index in [0.29, 0.717) is 48.3 Å². The minimum absolute atomic E-state index is 0.0805. The number of nitrogens with zero attached hydrogens (tertiary/aromatic N) is 3. The maximum atomic E-state index is 13.4. The summed E-state index contributed by atoms with van der Waals surface area (Å²) in [5.74, 6) is 0.0384. The first-order valence-corrected chi connectivity index (χ1v) is 13.5. The Hall–Kier alpha value is -2.38. The Bertz CT molecular complexity index is 1220. The highest BCUT2D eigenvalue weighted by Crippen LogP contribution is 2.37. The number of thiophene rings is 1. The van der Waals surface area contributed by atoms with Gasteiger partial charge >= 0.3 is 0 Å². The zero-order chi connectivity index (χ0) is 24.4. The lowest BCUT2D eigenvalue weighted by Crippen LogP contribution is -2.45. The van der Waals surface area contributed by atoms with Crippen molar-refractivity contribution in [3.63, 3.8) is 0 Å². The first-order chi connectivity index (χ1) is 17.0. The Kier molecular flexibility index (Phi) is 7.44. The summed E-state index contributed by atoms with van der Waals surface area (Å²) in [5.41, 5.74) is 3.05. The first kappa shape index (κ1) is 24.3. The van der Waals surface area contributed by atoms with Crippen LogP contribution in [0.4, 0.5) is 0 Å². The molecule has 0 spiro atoms. The molecule has 35 heavy (non-hydrogen) atoms. The summed E-state index contributed by atoms with van der Waals surface area (Å²) in [5, 5.41) is 2.95. The van der Waals surface area contributed by atoms with E-state index in [9.17, 15) is 9.59 Å². The lowest BCUT2D eigenvalue weighted by Gasteiger charge is -2.37. The van der Waals surface area contributed by atoms with Gasteiger partial charge in [-0.25, -0.2) is 0 Å². The van der Waals surface area contributed by atoms with E-state index in [-0.39, 0.29) is 17.9 Å². The van der Waals surface area contributed by atoms with Crippen LogP contribution >= 0.6 is 34.5 Å². The number of hydrogen-bond acceptors (Lipinski definition) is 4. The van der Waals surface area contributed by atoms with Crippen LogP contribution in [0.3, 0.4) is 0 Å². The predicted octanol–water partition coefficient (Wildman–Crippen LogP) is 5.38. The Morgan fingerprint density at radius 1 is 0.886 bits per heavy atom. The van der Waals surface area contributed by atoms with Gasteiger partial charge in [-0.2, -0.15) is 0 Å². The Morgan fingerprint density at radius 2 is 1.66 bits per heavy atom. The zero-order valence-corrected chi connectivity index (χ0v) is 21.7. The van der Waals surface area contributed by atoms with Crippen molar-refractivity contribution in [2.75, 3.05) is 39.3 Å². The molecular formula is C27H27Cl2N3O2S. The van der Waals surface area contributed by atoms with Gasteiger partial charge in [-0.15, -0.1) is 11.3 Å². The highest BCUT2D eigenvalue weighted by atomic mass is 35.5. The third-order valence-corrected chi connectivity index (χ3v) is 8.56. The Balaban J connectivity index is 1.26. The van der Waals surface area contributed by atoms with Crippen LogP contribution in [0, 0.1) is 0 Å². The molecule has 8 heteroatoms. The van der Waals surface area contributed by atoms with Crippen LogP contribution in [0.25, 0.3) is 0 Å². The smallest absolute Gasteiger partial charge is 0.253 e. The van der Waals surface area contributed by atoms with Gasteiger partial charge < -0.3 is 9.80 Å². The molecule has 1 fully saturated rings. The van der Waals surface area contributed by atoms with Crippen molar-refractivity contribution < 1.29 is 9.59 Å². The second kappa shape index (κ2) is 10.7. The average molecular weight is 529 g/mol. The second-order valence-corrected chi connectivity index (χ2v) is 10.8. The van der Waals surface area contributed by atoms with Crippen molar-refractivity contribution in [3.8, 4) is 0 Å². The summed E-state index contributed by atoms with van der Waals surface area (Å²) in [6.45, 7) is 3.51. The third kappa shape index (κ3) is 5.26. The number of hydrogen-bond donors (Lipinski definition) is 0. The molecule has 2 aliphatic heterocycles. The van der Waals surface area contributed by atoms with E-state index in [2.05, 4.69) is 40.6 Å². The van der Waals surface area contributed by atoms with Gasteiger partial charge in [-0.05, 0) is 53.6 Å². The van der Waals surface area contributed by atoms with Crippen molar-refractivity contribution >= 4 is 46.4 Å². The number of benzene rings is 2. The fourth-order valence-electron chi connectivity index (χ4n) is 5.02. The largest absolute Gasteiger partial charge is 0.340 e. The minimum Gasteiger partial charge on any atom is -0.340 e. The Labute approximate surface area is 219 Å². The van der Waals surface area contributed by atoms with Crippen molar-refractivity contribution in [2.45, 2.75) is 18.9 Å². The van der Waals surface area contributed by atoms with Crippen LogP contribution in [-0.2, 0) is 11.2 Å². The van der Waals surface area contributed by atoms with Crippen LogP contribution in [0.15, 0.2) is 60.0 Å². The molecule has 0 radical (unpaired) electrons. The molecule has 0 saturated carbocycles. The summed E-state index contributed by atoms with van der Waals surface area (Å²) in [6, 6.07) is 17.7. The zero-order valence-electron chi connectivity index (χ0n) is 19.3. The number of carbonyl (C=O) groups excluding carboxylic acids is 2. The number of halogens is 2. The van der Waals surface area contributed by atoms with Crippen molar-refractivity contribution in [3.05, 3.63) is 91.6 Å². The van der Waals surface area contributed by atoms with Gasteiger partial charge in [0, 0.05) is 43.2 Å². The van der Waals surface area contributed by atoms with Crippen LogP contribution in [0.2, 0.25) is 10.0 Å². The monoisotopic (exact) mass is 527 g/mol. The number of fused-ring (bicyclic) bond motifs is 1. The SMILES string of the molecule is O=C(CN1CCc2sccc2[C@H]1c1ccccc1)N1CCCN(C(=O)c2ccc(Cl)c(Cl)c2)CC1. The highest BCUT2D eigenvalue weighted by molar-refractivity contribution is 7.10. The van der Waals surface area contributed by atoms with Gasteiger partial charge in [0.25, 0.3) is 5.91 Å². The maximum absolute atomic E-state index is 13.4. The van der Waals surface area contributed by atoms with Crippen LogP contribution in [0.1, 0.15) is 38.8 Å². The number of rotatable bonds is 4. The van der Waals surface area contributed by atoms with Crippen LogP contribution in [0.5, 0.6) is 0 Å². The minimum atomic E-state index is -0.0805. The van der Waals surface area contributed by atoms with E-state index in [1.165, 1.54) is 16.0 Å². The van der Waals surface area contributed by atoms with Gasteiger partial charge in [0.05, 0.1) is 22.6 Å². The summed E-state index contributed by atoms with van der Waals surface area (Å²) in [4.78, 5) is 33.9. The van der Waals surface area contributed by atoms with Gasteiger partial charge in [0.2, 0.25) is 5.91 Å². The molecule has 0 unspecified atom stereocenters. The van der Waals surface area contributed by atoms with Gasteiger partial charge in [0.15, 0.2) is 0 Å². The van der Waals surface area contributed by atoms with E-state index < -0.39 is 0 Å². The molecule has 0 N–H and O–H groups in total. The van der Waals surface area contributed by atoms with Gasteiger partial charge in [-0.3, -0.25) is 14.5 Å². The fraction of sp³-hybridized carbons (Fsp3) is 0.333.